The Hall–Kier alpha value is -3.94. The summed E-state index contributed by atoms with van der Waals surface area (Å²) in [5.41, 5.74) is -2.08. The van der Waals surface area contributed by atoms with Gasteiger partial charge in [0.05, 0.1) is 39.7 Å². The number of hydrogen-bond donors (Lipinski definition) is 3. The van der Waals surface area contributed by atoms with Crippen molar-refractivity contribution in [3.05, 3.63) is 70.8 Å². The second-order valence-electron chi connectivity index (χ2n) is 10.3. The van der Waals surface area contributed by atoms with E-state index in [1.807, 2.05) is 4.72 Å². The zero-order valence-electron chi connectivity index (χ0n) is 26.9. The van der Waals surface area contributed by atoms with Crippen LogP contribution in [0.2, 0.25) is 0 Å². The number of methoxy groups -OCH3 is 1. The molecule has 0 aliphatic rings. The summed E-state index contributed by atoms with van der Waals surface area (Å²) in [6, 6.07) is 9.92. The Labute approximate surface area is 313 Å². The fourth-order valence-electron chi connectivity index (χ4n) is 4.43. The fraction of sp³-hybridized carbons (Fsp3) is 0.185. The Morgan fingerprint density at radius 1 is 0.824 bits per heavy atom. The molecule has 0 amide bonds. The quantitative estimate of drug-likeness (QED) is 0.0388. The number of fused-ring (bicyclic) bond motifs is 1. The molecule has 0 saturated heterocycles. The van der Waals surface area contributed by atoms with Gasteiger partial charge in [-0.25, -0.2) is 33.7 Å². The summed E-state index contributed by atoms with van der Waals surface area (Å²) in [5, 5.41) is 29.8. The van der Waals surface area contributed by atoms with Crippen molar-refractivity contribution in [2.24, 2.45) is 10.2 Å². The van der Waals surface area contributed by atoms with Crippen molar-refractivity contribution in [2.75, 3.05) is 42.3 Å². The van der Waals surface area contributed by atoms with Crippen LogP contribution in [-0.2, 0) is 44.7 Å². The van der Waals surface area contributed by atoms with E-state index in [9.17, 15) is 53.4 Å². The Bertz CT molecular complexity index is 2490. The van der Waals surface area contributed by atoms with Crippen LogP contribution in [-0.4, -0.2) is 81.1 Å². The van der Waals surface area contributed by atoms with Crippen LogP contribution in [0.3, 0.4) is 0 Å². The Morgan fingerprint density at radius 3 is 2.08 bits per heavy atom. The maximum absolute atomic E-state index is 13.7. The summed E-state index contributed by atoms with van der Waals surface area (Å²) in [5.74, 6) is -1.31. The standard InChI is InChI=1S/C27H27N5O14S4.Na/c1-45-11-12-46-22-10-7-16(13-24(22)50(42,43)44)30-49(40,41)25-15-21(26-18(27(25)33)5-4-6-20(26)31-48(3,38)39)29-28-19-9-8-17(32(34)35)14-23(19)47(2,36)37;/h4-10,13-15,30-31,33H,11-12H2,1-3H3,(H,42,43,44);/q;+1/p-1. The molecule has 19 nitrogen and oxygen atoms in total. The molecule has 0 fully saturated rings. The summed E-state index contributed by atoms with van der Waals surface area (Å²) in [7, 11) is -16.9. The van der Waals surface area contributed by atoms with Crippen LogP contribution >= 0.6 is 0 Å². The Kier molecular flexibility index (Phi) is 12.8. The first-order chi connectivity index (χ1) is 23.1. The summed E-state index contributed by atoms with van der Waals surface area (Å²) in [6.07, 6.45) is 1.57. The van der Waals surface area contributed by atoms with Crippen molar-refractivity contribution < 1.29 is 87.3 Å². The number of sulfone groups is 1. The number of nitro groups is 1. The average molecular weight is 796 g/mol. The molecule has 0 aromatic heterocycles. The van der Waals surface area contributed by atoms with E-state index >= 15 is 0 Å². The summed E-state index contributed by atoms with van der Waals surface area (Å²) in [6.45, 7) is -0.108. The van der Waals surface area contributed by atoms with Gasteiger partial charge in [0.25, 0.3) is 15.7 Å². The van der Waals surface area contributed by atoms with Gasteiger partial charge >= 0.3 is 29.6 Å². The SMILES string of the molecule is COCCOc1ccc(NS(=O)(=O)c2cc(N=Nc3ccc([N+](=O)[O-])cc3S(C)(=O)=O)c3c(NS(C)(=O)=O)cccc3c2O)cc1S(=O)(=O)[O-].[Na+]. The van der Waals surface area contributed by atoms with Gasteiger partial charge < -0.3 is 19.1 Å². The van der Waals surface area contributed by atoms with Gasteiger partial charge in [0.2, 0.25) is 10.0 Å². The van der Waals surface area contributed by atoms with Gasteiger partial charge in [0.15, 0.2) is 9.84 Å². The minimum Gasteiger partial charge on any atom is -0.744 e. The van der Waals surface area contributed by atoms with Gasteiger partial charge in [-0.15, -0.1) is 10.2 Å². The van der Waals surface area contributed by atoms with Crippen LogP contribution in [0.5, 0.6) is 11.5 Å². The maximum Gasteiger partial charge on any atom is 1.00 e. The predicted octanol–water partition coefficient (Wildman–Crippen LogP) is 0.378. The van der Waals surface area contributed by atoms with E-state index in [1.54, 1.807) is 0 Å². The molecular formula is C27H26N5NaO14S4. The van der Waals surface area contributed by atoms with Crippen LogP contribution in [0.25, 0.3) is 10.8 Å². The van der Waals surface area contributed by atoms with Crippen molar-refractivity contribution in [3.63, 3.8) is 0 Å². The third-order valence-corrected chi connectivity index (χ3v) is 10.5. The smallest absolute Gasteiger partial charge is 0.744 e. The Morgan fingerprint density at radius 2 is 1.49 bits per heavy atom. The topological polar surface area (TPSA) is 290 Å². The number of non-ortho nitro benzene ring substituents is 1. The zero-order valence-corrected chi connectivity index (χ0v) is 32.2. The molecule has 3 N–H and O–H groups in total. The van der Waals surface area contributed by atoms with E-state index in [-0.39, 0.29) is 65.0 Å². The van der Waals surface area contributed by atoms with Gasteiger partial charge in [0.1, 0.15) is 43.7 Å². The molecular weight excluding hydrogens is 770 g/mol. The number of aromatic hydroxyl groups is 1. The molecule has 4 aromatic rings. The first kappa shape index (κ1) is 41.5. The molecule has 0 atom stereocenters. The maximum atomic E-state index is 13.7. The molecule has 0 saturated carbocycles. The second-order valence-corrected chi connectivity index (χ2v) is 17.0. The van der Waals surface area contributed by atoms with Gasteiger partial charge in [-0.05, 0) is 36.4 Å². The third kappa shape index (κ3) is 10.1. The van der Waals surface area contributed by atoms with E-state index in [2.05, 4.69) is 15.0 Å². The van der Waals surface area contributed by atoms with E-state index in [4.69, 9.17) is 9.47 Å². The fourth-order valence-corrected chi connectivity index (χ4v) is 7.64. The molecule has 24 heteroatoms. The first-order valence-electron chi connectivity index (χ1n) is 13.5. The zero-order chi connectivity index (χ0) is 37.2. The molecule has 0 unspecified atom stereocenters. The minimum absolute atomic E-state index is 0. The number of benzene rings is 4. The molecule has 0 heterocycles. The van der Waals surface area contributed by atoms with Crippen molar-refractivity contribution in [2.45, 2.75) is 14.7 Å². The first-order valence-corrected chi connectivity index (χ1v) is 20.2. The van der Waals surface area contributed by atoms with E-state index in [0.29, 0.717) is 6.07 Å². The van der Waals surface area contributed by atoms with Gasteiger partial charge in [-0.1, -0.05) is 12.1 Å². The third-order valence-electron chi connectivity index (χ3n) is 6.49. The van der Waals surface area contributed by atoms with Gasteiger partial charge in [0, 0.05) is 36.3 Å². The van der Waals surface area contributed by atoms with E-state index < -0.39 is 88.1 Å². The van der Waals surface area contributed by atoms with Crippen LogP contribution in [0.4, 0.5) is 28.4 Å². The number of anilines is 2. The number of nitro benzene ring substituents is 1. The number of sulfonamides is 2. The normalized spacial score (nSPS) is 12.4. The summed E-state index contributed by atoms with van der Waals surface area (Å²) < 4.78 is 127. The van der Waals surface area contributed by atoms with Crippen molar-refractivity contribution >= 4 is 79.2 Å². The van der Waals surface area contributed by atoms with Crippen LogP contribution < -0.4 is 43.7 Å². The van der Waals surface area contributed by atoms with Crippen molar-refractivity contribution in [1.29, 1.82) is 0 Å². The summed E-state index contributed by atoms with van der Waals surface area (Å²) in [4.78, 5) is 8.01. The number of ether oxygens (including phenoxy) is 2. The molecule has 4 aromatic carbocycles. The van der Waals surface area contributed by atoms with Crippen molar-refractivity contribution in [1.82, 2.24) is 0 Å². The van der Waals surface area contributed by atoms with Crippen molar-refractivity contribution in [3.8, 4) is 11.5 Å². The number of azo groups is 1. The number of phenols is 1. The molecule has 51 heavy (non-hydrogen) atoms. The number of rotatable bonds is 14. The molecule has 0 aliphatic carbocycles. The molecule has 268 valence electrons. The monoisotopic (exact) mass is 795 g/mol. The molecule has 0 spiro atoms. The number of nitrogens with zero attached hydrogens (tertiary/aromatic N) is 3. The Balaban J connectivity index is 0.00000702. The minimum atomic E-state index is -5.20. The molecule has 4 rings (SSSR count). The predicted molar refractivity (Wildman–Crippen MR) is 177 cm³/mol. The van der Waals surface area contributed by atoms with Crippen LogP contribution in [0.1, 0.15) is 0 Å². The van der Waals surface area contributed by atoms with Crippen LogP contribution in [0, 0.1) is 10.1 Å². The largest absolute Gasteiger partial charge is 1.00 e. The number of nitrogens with one attached hydrogen (secondary N) is 2. The molecule has 0 aliphatic heterocycles. The van der Waals surface area contributed by atoms with Crippen LogP contribution in [0.15, 0.2) is 85.6 Å². The average Bonchev–Trinajstić information content (AvgIpc) is 2.99. The van der Waals surface area contributed by atoms with E-state index in [1.165, 1.54) is 25.3 Å². The van der Waals surface area contributed by atoms with Gasteiger partial charge in [-0.2, -0.15) is 0 Å². The molecule has 0 radical (unpaired) electrons. The van der Waals surface area contributed by atoms with E-state index in [0.717, 1.165) is 48.9 Å². The van der Waals surface area contributed by atoms with Gasteiger partial charge in [-0.3, -0.25) is 19.6 Å². The second kappa shape index (κ2) is 15.7. The molecule has 0 bridgehead atoms. The summed E-state index contributed by atoms with van der Waals surface area (Å²) >= 11 is 0. The number of hydrogen-bond acceptors (Lipinski definition) is 16. The number of phenolic OH excluding ortho intramolecular Hbond substituents is 1.